The Balaban J connectivity index is 1.59. The van der Waals surface area contributed by atoms with E-state index in [1.165, 1.54) is 18.6 Å². The van der Waals surface area contributed by atoms with Crippen LogP contribution in [0.1, 0.15) is 117 Å². The molecule has 2 saturated carbocycles. The number of likely N-dealkylation sites (tertiary alicyclic amines) is 1. The zero-order chi connectivity index (χ0) is 37.0. The topological polar surface area (TPSA) is 180 Å². The molecule has 13 nitrogen and oxygen atoms in total. The highest BCUT2D eigenvalue weighted by Crippen LogP contribution is 2.43. The predicted molar refractivity (Wildman–Crippen MR) is 187 cm³/mol. The minimum atomic E-state index is -1.03. The van der Waals surface area contributed by atoms with Crippen molar-refractivity contribution in [2.24, 2.45) is 28.6 Å². The molecule has 0 aromatic carbocycles. The summed E-state index contributed by atoms with van der Waals surface area (Å²) in [6.45, 7) is 15.7. The van der Waals surface area contributed by atoms with Crippen LogP contribution >= 0.6 is 0 Å². The molecule has 4 rings (SSSR count). The molecular formula is C37H57N7O6. The van der Waals surface area contributed by atoms with E-state index >= 15 is 0 Å². The first kappa shape index (κ1) is 38.9. The molecule has 5 amide bonds. The zero-order valence-electron chi connectivity index (χ0n) is 31.0. The number of carbonyl (C=O) groups excluding carboxylic acids is 6. The van der Waals surface area contributed by atoms with Gasteiger partial charge in [0.15, 0.2) is 0 Å². The molecule has 3 aliphatic rings. The summed E-state index contributed by atoms with van der Waals surface area (Å²) in [4.78, 5) is 91.7. The summed E-state index contributed by atoms with van der Waals surface area (Å²) < 4.78 is 0. The Kier molecular flexibility index (Phi) is 12.4. The SMILES string of the molecule is CCCC(NC(=O)[C@@H]1C2CCCC2CN1C(=O)[C@@H](NC(=O)[C@H](NC(=O)c1cnccn1)C(C)(C)CC(C)C)C(C)(C)C)C(=O)C(=O)NC1CC1. The Bertz CT molecular complexity index is 1420. The molecule has 276 valence electrons. The summed E-state index contributed by atoms with van der Waals surface area (Å²) in [5, 5.41) is 11.4. The summed E-state index contributed by atoms with van der Waals surface area (Å²) in [5.41, 5.74) is -1.41. The van der Waals surface area contributed by atoms with Gasteiger partial charge >= 0.3 is 0 Å². The number of ketones is 1. The maximum atomic E-state index is 14.6. The highest BCUT2D eigenvalue weighted by Gasteiger charge is 2.52. The van der Waals surface area contributed by atoms with Crippen molar-refractivity contribution in [1.29, 1.82) is 0 Å². The van der Waals surface area contributed by atoms with E-state index in [1.54, 1.807) is 4.90 Å². The number of hydrogen-bond donors (Lipinski definition) is 4. The van der Waals surface area contributed by atoms with E-state index in [0.717, 1.165) is 32.1 Å². The highest BCUT2D eigenvalue weighted by atomic mass is 16.2. The number of aromatic nitrogens is 2. The Hall–Kier alpha value is -3.90. The van der Waals surface area contributed by atoms with E-state index in [0.29, 0.717) is 25.8 Å². The second-order valence-corrected chi connectivity index (χ2v) is 16.6. The minimum absolute atomic E-state index is 0.00652. The van der Waals surface area contributed by atoms with E-state index in [9.17, 15) is 28.8 Å². The van der Waals surface area contributed by atoms with Crippen LogP contribution in [-0.2, 0) is 24.0 Å². The van der Waals surface area contributed by atoms with Crippen LogP contribution in [0.4, 0.5) is 0 Å². The van der Waals surface area contributed by atoms with Gasteiger partial charge in [0.2, 0.25) is 23.5 Å². The Morgan fingerprint density at radius 1 is 0.920 bits per heavy atom. The van der Waals surface area contributed by atoms with Crippen molar-refractivity contribution < 1.29 is 28.8 Å². The molecule has 3 fully saturated rings. The quantitative estimate of drug-likeness (QED) is 0.202. The molecule has 1 saturated heterocycles. The maximum absolute atomic E-state index is 14.6. The molecule has 13 heteroatoms. The van der Waals surface area contributed by atoms with Crippen molar-refractivity contribution in [2.75, 3.05) is 6.54 Å². The van der Waals surface area contributed by atoms with Gasteiger partial charge in [0.25, 0.3) is 11.8 Å². The van der Waals surface area contributed by atoms with Crippen LogP contribution in [0, 0.1) is 28.6 Å². The van der Waals surface area contributed by atoms with Gasteiger partial charge in [0.1, 0.15) is 23.8 Å². The number of amides is 5. The average Bonchev–Trinajstić information content (AvgIpc) is 3.60. The Labute approximate surface area is 296 Å². The summed E-state index contributed by atoms with van der Waals surface area (Å²) >= 11 is 0. The number of rotatable bonds is 15. The standard InChI is InChI=1S/C37H57N7O6/c1-9-11-25(28(45)33(48)40-23-14-15-23)41-32(47)27-24-13-10-12-22(24)20-44(27)35(50)30(36(4,5)6)43-34(49)29(37(7,8)18-21(2)3)42-31(46)26-19-38-16-17-39-26/h16-17,19,21-25,27,29-30H,9-15,18,20H2,1-8H3,(H,40,48)(H,41,47)(H,42,46)(H,43,49)/t22?,24?,25?,27-,29-,30+/m0/s1. The van der Waals surface area contributed by atoms with E-state index in [1.807, 2.05) is 55.4 Å². The number of fused-ring (bicyclic) bond motifs is 1. The number of carbonyl (C=O) groups is 6. The first-order valence-electron chi connectivity index (χ1n) is 18.3. The molecule has 3 unspecified atom stereocenters. The fourth-order valence-electron chi connectivity index (χ4n) is 7.77. The molecule has 2 aliphatic carbocycles. The van der Waals surface area contributed by atoms with E-state index in [4.69, 9.17) is 0 Å². The summed E-state index contributed by atoms with van der Waals surface area (Å²) in [6, 6.07) is -3.89. The molecule has 6 atom stereocenters. The molecule has 0 bridgehead atoms. The van der Waals surface area contributed by atoms with Crippen molar-refractivity contribution >= 4 is 35.3 Å². The van der Waals surface area contributed by atoms with Crippen LogP contribution in [0.2, 0.25) is 0 Å². The predicted octanol–water partition coefficient (Wildman–Crippen LogP) is 2.94. The van der Waals surface area contributed by atoms with E-state index in [2.05, 4.69) is 31.2 Å². The molecule has 1 aromatic heterocycles. The van der Waals surface area contributed by atoms with Gasteiger partial charge in [0.05, 0.1) is 12.2 Å². The summed E-state index contributed by atoms with van der Waals surface area (Å²) in [7, 11) is 0. The molecule has 50 heavy (non-hydrogen) atoms. The third-order valence-electron chi connectivity index (χ3n) is 10.2. The van der Waals surface area contributed by atoms with Crippen molar-refractivity contribution in [3.8, 4) is 0 Å². The summed E-state index contributed by atoms with van der Waals surface area (Å²) in [6.07, 6.45) is 9.89. The lowest BCUT2D eigenvalue weighted by molar-refractivity contribution is -0.146. The van der Waals surface area contributed by atoms with Crippen LogP contribution in [0.15, 0.2) is 18.6 Å². The third-order valence-corrected chi connectivity index (χ3v) is 10.2. The second-order valence-electron chi connectivity index (χ2n) is 16.6. The zero-order valence-corrected chi connectivity index (χ0v) is 31.0. The largest absolute Gasteiger partial charge is 0.347 e. The Morgan fingerprint density at radius 2 is 1.62 bits per heavy atom. The number of nitrogens with one attached hydrogen (secondary N) is 4. The smallest absolute Gasteiger partial charge is 0.289 e. The van der Waals surface area contributed by atoms with Crippen molar-refractivity contribution in [3.63, 3.8) is 0 Å². The number of Topliss-reactive ketones (excluding diaryl/α,β-unsaturated/α-hetero) is 1. The van der Waals surface area contributed by atoms with Crippen LogP contribution in [0.3, 0.4) is 0 Å². The third kappa shape index (κ3) is 9.45. The van der Waals surface area contributed by atoms with Gasteiger partial charge in [-0.25, -0.2) is 4.98 Å². The van der Waals surface area contributed by atoms with Crippen LogP contribution in [0.25, 0.3) is 0 Å². The average molecular weight is 696 g/mol. The van der Waals surface area contributed by atoms with Crippen molar-refractivity contribution in [3.05, 3.63) is 24.3 Å². The monoisotopic (exact) mass is 695 g/mol. The maximum Gasteiger partial charge on any atom is 0.289 e. The fraction of sp³-hybridized carbons (Fsp3) is 0.730. The van der Waals surface area contributed by atoms with Gasteiger partial charge in [0, 0.05) is 25.0 Å². The van der Waals surface area contributed by atoms with E-state index < -0.39 is 70.3 Å². The van der Waals surface area contributed by atoms with Gasteiger partial charge in [-0.05, 0) is 67.1 Å². The van der Waals surface area contributed by atoms with Crippen molar-refractivity contribution in [1.82, 2.24) is 36.1 Å². The molecule has 1 aliphatic heterocycles. The second kappa shape index (κ2) is 16.0. The van der Waals surface area contributed by atoms with Gasteiger partial charge in [-0.3, -0.25) is 33.8 Å². The van der Waals surface area contributed by atoms with Crippen LogP contribution in [0.5, 0.6) is 0 Å². The molecule has 0 radical (unpaired) electrons. The molecule has 2 heterocycles. The van der Waals surface area contributed by atoms with Gasteiger partial charge in [-0.2, -0.15) is 0 Å². The van der Waals surface area contributed by atoms with Crippen LogP contribution < -0.4 is 21.3 Å². The Morgan fingerprint density at radius 3 is 2.20 bits per heavy atom. The lowest BCUT2D eigenvalue weighted by Crippen LogP contribution is -2.63. The number of hydrogen-bond acceptors (Lipinski definition) is 8. The molecular weight excluding hydrogens is 638 g/mol. The number of nitrogens with zero attached hydrogens (tertiary/aromatic N) is 3. The molecule has 0 spiro atoms. The summed E-state index contributed by atoms with van der Waals surface area (Å²) in [5.74, 6) is -3.08. The first-order chi connectivity index (χ1) is 23.4. The normalized spacial score (nSPS) is 22.3. The van der Waals surface area contributed by atoms with Gasteiger partial charge < -0.3 is 26.2 Å². The molecule has 1 aromatic rings. The van der Waals surface area contributed by atoms with Crippen LogP contribution in [-0.4, -0.2) is 86.9 Å². The fourth-order valence-corrected chi connectivity index (χ4v) is 7.77. The van der Waals surface area contributed by atoms with Crippen molar-refractivity contribution in [2.45, 2.75) is 137 Å². The lowest BCUT2D eigenvalue weighted by atomic mass is 9.76. The van der Waals surface area contributed by atoms with Gasteiger partial charge in [-0.15, -0.1) is 0 Å². The van der Waals surface area contributed by atoms with Gasteiger partial charge in [-0.1, -0.05) is 68.2 Å². The molecule has 4 N–H and O–H groups in total. The highest BCUT2D eigenvalue weighted by molar-refractivity contribution is 6.38. The minimum Gasteiger partial charge on any atom is -0.347 e. The first-order valence-corrected chi connectivity index (χ1v) is 18.3. The van der Waals surface area contributed by atoms with E-state index in [-0.39, 0.29) is 29.5 Å². The lowest BCUT2D eigenvalue weighted by Gasteiger charge is -2.40.